The van der Waals surface area contributed by atoms with Gasteiger partial charge in [0.05, 0.1) is 0 Å². The van der Waals surface area contributed by atoms with Crippen molar-refractivity contribution in [2.75, 3.05) is 26.2 Å². The Labute approximate surface area is 143 Å². The molecule has 24 heavy (non-hydrogen) atoms. The third kappa shape index (κ3) is 5.23. The molecule has 1 aliphatic heterocycles. The Morgan fingerprint density at radius 2 is 1.92 bits per heavy atom. The molecular weight excluding hydrogens is 306 g/mol. The van der Waals surface area contributed by atoms with Crippen LogP contribution in [0.3, 0.4) is 0 Å². The molecule has 1 aliphatic rings. The topological polar surface area (TPSA) is 70.7 Å². The number of hydrogen-bond donors (Lipinski definition) is 2. The Hall–Kier alpha value is -2.08. The second-order valence-electron chi connectivity index (χ2n) is 6.14. The first-order valence-electron chi connectivity index (χ1n) is 8.58. The second-order valence-corrected chi connectivity index (χ2v) is 6.14. The van der Waals surface area contributed by atoms with E-state index in [1.54, 1.807) is 0 Å². The molecule has 2 unspecified atom stereocenters. The number of benzene rings is 1. The van der Waals surface area contributed by atoms with Crippen molar-refractivity contribution >= 4 is 12.0 Å². The number of nitrogens with one attached hydrogen (secondary N) is 2. The molecular formula is C18H27N3O3. The highest BCUT2D eigenvalue weighted by Crippen LogP contribution is 2.12. The lowest BCUT2D eigenvalue weighted by Gasteiger charge is -2.33. The predicted molar refractivity (Wildman–Crippen MR) is 92.5 cm³/mol. The largest absolute Gasteiger partial charge is 0.445 e. The normalized spacial score (nSPS) is 17.0. The number of piperazine rings is 1. The number of alkyl carbamates (subject to hydrolysis) is 1. The third-order valence-electron chi connectivity index (χ3n) is 4.39. The van der Waals surface area contributed by atoms with Crippen LogP contribution in [0.25, 0.3) is 0 Å². The van der Waals surface area contributed by atoms with Crippen LogP contribution < -0.4 is 10.6 Å². The third-order valence-corrected chi connectivity index (χ3v) is 4.39. The summed E-state index contributed by atoms with van der Waals surface area (Å²) in [4.78, 5) is 26.7. The molecule has 2 amide bonds. The zero-order chi connectivity index (χ0) is 17.4. The molecule has 1 saturated heterocycles. The summed E-state index contributed by atoms with van der Waals surface area (Å²) in [5.41, 5.74) is 0.918. The van der Waals surface area contributed by atoms with Gasteiger partial charge in [-0.3, -0.25) is 4.79 Å². The molecule has 0 bridgehead atoms. The Balaban J connectivity index is 1.92. The zero-order valence-electron chi connectivity index (χ0n) is 14.5. The monoisotopic (exact) mass is 333 g/mol. The summed E-state index contributed by atoms with van der Waals surface area (Å²) < 4.78 is 5.26. The Bertz CT molecular complexity index is 530. The van der Waals surface area contributed by atoms with Crippen molar-refractivity contribution in [3.63, 3.8) is 0 Å². The SMILES string of the molecule is CCC(C)C(NC(=O)OCc1ccccc1)C(=O)N1CCNCC1. The van der Waals surface area contributed by atoms with Crippen LogP contribution in [0, 0.1) is 5.92 Å². The van der Waals surface area contributed by atoms with Gasteiger partial charge in [-0.2, -0.15) is 0 Å². The summed E-state index contributed by atoms with van der Waals surface area (Å²) in [6.07, 6.45) is 0.259. The van der Waals surface area contributed by atoms with Crippen molar-refractivity contribution in [2.45, 2.75) is 32.9 Å². The number of hydrogen-bond acceptors (Lipinski definition) is 4. The van der Waals surface area contributed by atoms with Gasteiger partial charge in [-0.15, -0.1) is 0 Å². The van der Waals surface area contributed by atoms with Gasteiger partial charge in [-0.25, -0.2) is 4.79 Å². The van der Waals surface area contributed by atoms with Crippen LogP contribution in [-0.2, 0) is 16.1 Å². The van der Waals surface area contributed by atoms with Crippen LogP contribution in [0.1, 0.15) is 25.8 Å². The number of nitrogens with zero attached hydrogens (tertiary/aromatic N) is 1. The molecule has 132 valence electrons. The van der Waals surface area contributed by atoms with E-state index < -0.39 is 12.1 Å². The fraction of sp³-hybridized carbons (Fsp3) is 0.556. The van der Waals surface area contributed by atoms with Gasteiger partial charge < -0.3 is 20.3 Å². The van der Waals surface area contributed by atoms with E-state index in [0.29, 0.717) is 13.1 Å². The van der Waals surface area contributed by atoms with Crippen molar-refractivity contribution in [3.8, 4) is 0 Å². The van der Waals surface area contributed by atoms with E-state index in [4.69, 9.17) is 4.74 Å². The molecule has 6 heteroatoms. The number of carbonyl (C=O) groups excluding carboxylic acids is 2. The van der Waals surface area contributed by atoms with Crippen molar-refractivity contribution in [1.82, 2.24) is 15.5 Å². The van der Waals surface area contributed by atoms with Crippen LogP contribution in [0.4, 0.5) is 4.79 Å². The van der Waals surface area contributed by atoms with Gasteiger partial charge in [0.2, 0.25) is 5.91 Å². The molecule has 2 N–H and O–H groups in total. The maximum Gasteiger partial charge on any atom is 0.408 e. The summed E-state index contributed by atoms with van der Waals surface area (Å²) >= 11 is 0. The molecule has 6 nitrogen and oxygen atoms in total. The molecule has 0 radical (unpaired) electrons. The van der Waals surface area contributed by atoms with E-state index in [2.05, 4.69) is 10.6 Å². The van der Waals surface area contributed by atoms with E-state index >= 15 is 0 Å². The van der Waals surface area contributed by atoms with E-state index in [1.807, 2.05) is 49.1 Å². The van der Waals surface area contributed by atoms with Crippen LogP contribution in [0.2, 0.25) is 0 Å². The maximum absolute atomic E-state index is 12.7. The summed E-state index contributed by atoms with van der Waals surface area (Å²) in [6.45, 7) is 7.11. The average molecular weight is 333 g/mol. The first-order chi connectivity index (χ1) is 11.6. The summed E-state index contributed by atoms with van der Waals surface area (Å²) in [6, 6.07) is 8.95. The fourth-order valence-corrected chi connectivity index (χ4v) is 2.66. The van der Waals surface area contributed by atoms with E-state index in [-0.39, 0.29) is 18.4 Å². The Morgan fingerprint density at radius 3 is 2.54 bits per heavy atom. The van der Waals surface area contributed by atoms with Gasteiger partial charge in [0.15, 0.2) is 0 Å². The minimum atomic E-state index is -0.548. The number of ether oxygens (including phenoxy) is 1. The maximum atomic E-state index is 12.7. The van der Waals surface area contributed by atoms with E-state index in [1.165, 1.54) is 0 Å². The summed E-state index contributed by atoms with van der Waals surface area (Å²) in [7, 11) is 0. The lowest BCUT2D eigenvalue weighted by atomic mass is 9.97. The smallest absolute Gasteiger partial charge is 0.408 e. The minimum absolute atomic E-state index is 0.0255. The number of amides is 2. The molecule has 0 aliphatic carbocycles. The average Bonchev–Trinajstić information content (AvgIpc) is 2.65. The fourth-order valence-electron chi connectivity index (χ4n) is 2.66. The lowest BCUT2D eigenvalue weighted by Crippen LogP contribution is -2.56. The molecule has 0 aromatic heterocycles. The Kier molecular flexibility index (Phi) is 7.06. The van der Waals surface area contributed by atoms with Gasteiger partial charge in [-0.1, -0.05) is 50.6 Å². The van der Waals surface area contributed by atoms with E-state index in [0.717, 1.165) is 25.1 Å². The molecule has 0 saturated carbocycles. The van der Waals surface area contributed by atoms with Crippen molar-refractivity contribution in [3.05, 3.63) is 35.9 Å². The number of rotatable bonds is 6. The molecule has 2 rings (SSSR count). The lowest BCUT2D eigenvalue weighted by molar-refractivity contribution is -0.135. The first kappa shape index (κ1) is 18.3. The van der Waals surface area contributed by atoms with Gasteiger partial charge >= 0.3 is 6.09 Å². The standard InChI is InChI=1S/C18H27N3O3/c1-3-14(2)16(17(22)21-11-9-19-10-12-21)20-18(23)24-13-15-7-5-4-6-8-15/h4-8,14,16,19H,3,9-13H2,1-2H3,(H,20,23). The van der Waals surface area contributed by atoms with Crippen molar-refractivity contribution in [2.24, 2.45) is 5.92 Å². The molecule has 1 aromatic carbocycles. The molecule has 0 spiro atoms. The van der Waals surface area contributed by atoms with Crippen molar-refractivity contribution < 1.29 is 14.3 Å². The van der Waals surface area contributed by atoms with Crippen LogP contribution in [0.5, 0.6) is 0 Å². The summed E-state index contributed by atoms with van der Waals surface area (Å²) in [5, 5.41) is 5.99. The molecule has 1 fully saturated rings. The molecule has 2 atom stereocenters. The highest BCUT2D eigenvalue weighted by atomic mass is 16.5. The van der Waals surface area contributed by atoms with Crippen LogP contribution in [-0.4, -0.2) is 49.1 Å². The molecule has 1 aromatic rings. The highest BCUT2D eigenvalue weighted by molar-refractivity contribution is 5.86. The van der Waals surface area contributed by atoms with E-state index in [9.17, 15) is 9.59 Å². The van der Waals surface area contributed by atoms with Gasteiger partial charge in [0.1, 0.15) is 12.6 Å². The quantitative estimate of drug-likeness (QED) is 0.832. The predicted octanol–water partition coefficient (Wildman–Crippen LogP) is 1.76. The van der Waals surface area contributed by atoms with Gasteiger partial charge in [0, 0.05) is 26.2 Å². The highest BCUT2D eigenvalue weighted by Gasteiger charge is 2.30. The number of carbonyl (C=O) groups is 2. The molecule has 1 heterocycles. The van der Waals surface area contributed by atoms with Crippen LogP contribution >= 0.6 is 0 Å². The minimum Gasteiger partial charge on any atom is -0.445 e. The van der Waals surface area contributed by atoms with Gasteiger partial charge in [-0.05, 0) is 11.5 Å². The zero-order valence-corrected chi connectivity index (χ0v) is 14.5. The second kappa shape index (κ2) is 9.27. The van der Waals surface area contributed by atoms with Crippen molar-refractivity contribution in [1.29, 1.82) is 0 Å². The first-order valence-corrected chi connectivity index (χ1v) is 8.58. The Morgan fingerprint density at radius 1 is 1.25 bits per heavy atom. The van der Waals surface area contributed by atoms with Gasteiger partial charge in [0.25, 0.3) is 0 Å². The summed E-state index contributed by atoms with van der Waals surface area (Å²) in [5.74, 6) is 0.0270. The van der Waals surface area contributed by atoms with Crippen LogP contribution in [0.15, 0.2) is 30.3 Å².